The molecule has 5 rings (SSSR count). The smallest absolute Gasteiger partial charge is 0.365 e. The van der Waals surface area contributed by atoms with Crippen LogP contribution in [0, 0.1) is 0 Å². The Morgan fingerprint density at radius 2 is 1.89 bits per heavy atom. The number of aromatic nitrogens is 2. The number of nitrogens with zero attached hydrogens (tertiary/aromatic N) is 3. The van der Waals surface area contributed by atoms with Crippen LogP contribution in [0.5, 0.6) is 0 Å². The van der Waals surface area contributed by atoms with Gasteiger partial charge in [0.25, 0.3) is 0 Å². The molecule has 1 aliphatic heterocycles. The summed E-state index contributed by atoms with van der Waals surface area (Å²) < 4.78 is 67.5. The number of alkyl halides is 3. The van der Waals surface area contributed by atoms with E-state index in [1.165, 1.54) is 4.31 Å². The van der Waals surface area contributed by atoms with Crippen molar-refractivity contribution in [1.29, 1.82) is 0 Å². The Hall–Kier alpha value is -3.87. The van der Waals surface area contributed by atoms with E-state index in [0.29, 0.717) is 34.4 Å². The van der Waals surface area contributed by atoms with Crippen LogP contribution in [0.3, 0.4) is 0 Å². The molecule has 3 aromatic rings. The Bertz CT molecular complexity index is 1470. The molecule has 194 valence electrons. The lowest BCUT2D eigenvalue weighted by Gasteiger charge is -2.25. The first-order valence-electron chi connectivity index (χ1n) is 11.4. The van der Waals surface area contributed by atoms with Gasteiger partial charge in [0.15, 0.2) is 0 Å². The second-order valence-electron chi connectivity index (χ2n) is 8.91. The summed E-state index contributed by atoms with van der Waals surface area (Å²) in [4.78, 5) is 19.7. The highest BCUT2D eigenvalue weighted by molar-refractivity contribution is 7.92. The average Bonchev–Trinajstić information content (AvgIpc) is 3.56. The molecule has 2 aliphatic rings. The molecule has 37 heavy (non-hydrogen) atoms. The van der Waals surface area contributed by atoms with Crippen molar-refractivity contribution in [3.05, 3.63) is 65.4 Å². The standard InChI is InChI=1S/C24H23F3N6O3S/c1-37(35,36)33(15-9-10-15)20-8-3-2-5-14(20)12-28-22-17(24(25,26)27)13-29-23(32-22)31-19-7-4-6-18-16(19)11-21(34)30-18/h2-8,13,15H,9-12H2,1H3,(H,30,34)(H2,28,29,31,32). The maximum atomic E-state index is 13.8. The van der Waals surface area contributed by atoms with E-state index < -0.39 is 27.6 Å². The summed E-state index contributed by atoms with van der Waals surface area (Å²) in [5.41, 5.74) is 1.64. The van der Waals surface area contributed by atoms with E-state index in [4.69, 9.17) is 0 Å². The third-order valence-corrected chi connectivity index (χ3v) is 7.25. The van der Waals surface area contributed by atoms with E-state index in [9.17, 15) is 26.4 Å². The van der Waals surface area contributed by atoms with Crippen LogP contribution in [0.4, 0.5) is 42.0 Å². The van der Waals surface area contributed by atoms with Gasteiger partial charge >= 0.3 is 6.18 Å². The number of benzene rings is 2. The molecule has 1 aromatic heterocycles. The van der Waals surface area contributed by atoms with Gasteiger partial charge in [-0.05, 0) is 36.6 Å². The fraction of sp³-hybridized carbons (Fsp3) is 0.292. The number of para-hydroxylation sites is 1. The summed E-state index contributed by atoms with van der Waals surface area (Å²) >= 11 is 0. The Kier molecular flexibility index (Phi) is 6.18. The molecular weight excluding hydrogens is 509 g/mol. The highest BCUT2D eigenvalue weighted by atomic mass is 32.2. The topological polar surface area (TPSA) is 116 Å². The predicted octanol–water partition coefficient (Wildman–Crippen LogP) is 4.27. The number of anilines is 5. The highest BCUT2D eigenvalue weighted by Gasteiger charge is 2.37. The molecule has 2 heterocycles. The first-order chi connectivity index (χ1) is 17.5. The SMILES string of the molecule is CS(=O)(=O)N(c1ccccc1CNc1nc(Nc2cccc3c2CC(=O)N3)ncc1C(F)(F)F)C1CC1. The van der Waals surface area contributed by atoms with Crippen LogP contribution in [0.1, 0.15) is 29.5 Å². The van der Waals surface area contributed by atoms with E-state index in [1.807, 2.05) is 0 Å². The average molecular weight is 533 g/mol. The van der Waals surface area contributed by atoms with Gasteiger partial charge in [-0.3, -0.25) is 9.10 Å². The van der Waals surface area contributed by atoms with Crippen molar-refractivity contribution in [1.82, 2.24) is 9.97 Å². The molecule has 0 atom stereocenters. The summed E-state index contributed by atoms with van der Waals surface area (Å²) in [7, 11) is -3.58. The lowest BCUT2D eigenvalue weighted by Crippen LogP contribution is -2.33. The maximum absolute atomic E-state index is 13.8. The van der Waals surface area contributed by atoms with Crippen molar-refractivity contribution < 1.29 is 26.4 Å². The van der Waals surface area contributed by atoms with Crippen LogP contribution < -0.4 is 20.3 Å². The van der Waals surface area contributed by atoms with Gasteiger partial charge in [-0.1, -0.05) is 24.3 Å². The van der Waals surface area contributed by atoms with E-state index in [1.54, 1.807) is 42.5 Å². The Morgan fingerprint density at radius 3 is 2.59 bits per heavy atom. The molecule has 2 aromatic carbocycles. The van der Waals surface area contributed by atoms with Crippen molar-refractivity contribution in [2.24, 2.45) is 0 Å². The third-order valence-electron chi connectivity index (χ3n) is 6.04. The van der Waals surface area contributed by atoms with Gasteiger partial charge in [-0.15, -0.1) is 0 Å². The molecule has 0 saturated heterocycles. The van der Waals surface area contributed by atoms with Gasteiger partial charge in [-0.25, -0.2) is 13.4 Å². The van der Waals surface area contributed by atoms with Crippen LogP contribution in [0.15, 0.2) is 48.7 Å². The van der Waals surface area contributed by atoms with E-state index in [-0.39, 0.29) is 30.9 Å². The van der Waals surface area contributed by atoms with E-state index >= 15 is 0 Å². The van der Waals surface area contributed by atoms with Gasteiger partial charge in [0.2, 0.25) is 21.9 Å². The summed E-state index contributed by atoms with van der Waals surface area (Å²) in [6.07, 6.45) is -1.36. The largest absolute Gasteiger partial charge is 0.421 e. The van der Waals surface area contributed by atoms with Gasteiger partial charge < -0.3 is 16.0 Å². The number of sulfonamides is 1. The second-order valence-corrected chi connectivity index (χ2v) is 10.8. The summed E-state index contributed by atoms with van der Waals surface area (Å²) in [5, 5.41) is 8.35. The summed E-state index contributed by atoms with van der Waals surface area (Å²) in [6, 6.07) is 11.6. The van der Waals surface area contributed by atoms with Crippen LogP contribution in [0.25, 0.3) is 0 Å². The Balaban J connectivity index is 1.44. The fourth-order valence-corrected chi connectivity index (χ4v) is 5.57. The van der Waals surface area contributed by atoms with Crippen LogP contribution in [-0.4, -0.2) is 36.6 Å². The van der Waals surface area contributed by atoms with Crippen molar-refractivity contribution in [3.8, 4) is 0 Å². The molecule has 0 radical (unpaired) electrons. The van der Waals surface area contributed by atoms with Crippen molar-refractivity contribution >= 4 is 44.8 Å². The quantitative estimate of drug-likeness (QED) is 0.397. The number of fused-ring (bicyclic) bond motifs is 1. The predicted molar refractivity (Wildman–Crippen MR) is 133 cm³/mol. The van der Waals surface area contributed by atoms with Crippen molar-refractivity contribution in [2.45, 2.75) is 38.0 Å². The summed E-state index contributed by atoms with van der Waals surface area (Å²) in [6.45, 7) is -0.104. The molecule has 1 fully saturated rings. The van der Waals surface area contributed by atoms with Gasteiger partial charge in [-0.2, -0.15) is 18.2 Å². The molecule has 1 aliphatic carbocycles. The normalized spacial score (nSPS) is 15.2. The van der Waals surface area contributed by atoms with E-state index in [2.05, 4.69) is 25.9 Å². The first kappa shape index (κ1) is 24.8. The molecule has 0 spiro atoms. The minimum Gasteiger partial charge on any atom is -0.365 e. The lowest BCUT2D eigenvalue weighted by molar-refractivity contribution is -0.137. The van der Waals surface area contributed by atoms with Crippen molar-refractivity contribution in [2.75, 3.05) is 26.5 Å². The fourth-order valence-electron chi connectivity index (χ4n) is 4.28. The zero-order valence-electron chi connectivity index (χ0n) is 19.6. The number of carbonyl (C=O) groups excluding carboxylic acids is 1. The molecular formula is C24H23F3N6O3S. The number of hydrogen-bond donors (Lipinski definition) is 3. The number of amides is 1. The maximum Gasteiger partial charge on any atom is 0.421 e. The molecule has 0 unspecified atom stereocenters. The van der Waals surface area contributed by atoms with Crippen LogP contribution >= 0.6 is 0 Å². The Morgan fingerprint density at radius 1 is 1.14 bits per heavy atom. The zero-order chi connectivity index (χ0) is 26.4. The summed E-state index contributed by atoms with van der Waals surface area (Å²) in [5.74, 6) is -0.737. The molecule has 3 N–H and O–H groups in total. The number of rotatable bonds is 8. The third kappa shape index (κ3) is 5.31. The molecule has 13 heteroatoms. The minimum absolute atomic E-state index is 0.0905. The second kappa shape index (κ2) is 9.21. The zero-order valence-corrected chi connectivity index (χ0v) is 20.4. The minimum atomic E-state index is -4.72. The first-order valence-corrected chi connectivity index (χ1v) is 13.3. The number of halogens is 3. The number of hydrogen-bond acceptors (Lipinski definition) is 7. The van der Waals surface area contributed by atoms with Gasteiger partial charge in [0, 0.05) is 35.7 Å². The number of carbonyl (C=O) groups is 1. The highest BCUT2D eigenvalue weighted by Crippen LogP contribution is 2.38. The van der Waals surface area contributed by atoms with Gasteiger partial charge in [0.1, 0.15) is 11.4 Å². The van der Waals surface area contributed by atoms with Gasteiger partial charge in [0.05, 0.1) is 18.4 Å². The molecule has 1 saturated carbocycles. The number of nitrogens with one attached hydrogen (secondary N) is 3. The lowest BCUT2D eigenvalue weighted by atomic mass is 10.1. The van der Waals surface area contributed by atoms with Crippen LogP contribution in [-0.2, 0) is 34.0 Å². The molecule has 1 amide bonds. The molecule has 0 bridgehead atoms. The van der Waals surface area contributed by atoms with E-state index in [0.717, 1.165) is 19.1 Å². The monoisotopic (exact) mass is 532 g/mol. The van der Waals surface area contributed by atoms with Crippen molar-refractivity contribution in [3.63, 3.8) is 0 Å². The van der Waals surface area contributed by atoms with Crippen LogP contribution in [0.2, 0.25) is 0 Å². The molecule has 9 nitrogen and oxygen atoms in total. The Labute approximate surface area is 211 Å².